The molecule has 3 N–H and O–H groups in total. The average Bonchev–Trinajstić information content (AvgIpc) is 2.84. The molecule has 3 aromatic rings. The molecule has 4 nitrogen and oxygen atoms in total. The molecule has 6 heteroatoms. The van der Waals surface area contributed by atoms with E-state index in [9.17, 15) is 4.39 Å². The van der Waals surface area contributed by atoms with E-state index in [-0.39, 0.29) is 5.82 Å². The minimum Gasteiger partial charge on any atom is -0.459 e. The fraction of sp³-hybridized carbons (Fsp3) is 0.0714. The maximum Gasteiger partial charge on any atom is 0.134 e. The molecule has 1 atom stereocenters. The molecule has 2 heterocycles. The first-order valence-corrected chi connectivity index (χ1v) is 6.31. The molecule has 0 aliphatic rings. The lowest BCUT2D eigenvalue weighted by Gasteiger charge is -2.14. The number of furan rings is 1. The Morgan fingerprint density at radius 2 is 2.15 bits per heavy atom. The van der Waals surface area contributed by atoms with Crippen LogP contribution in [0.5, 0.6) is 0 Å². The number of halogens is 2. The van der Waals surface area contributed by atoms with Crippen LogP contribution in [0.25, 0.3) is 11.0 Å². The van der Waals surface area contributed by atoms with Crippen molar-refractivity contribution in [3.63, 3.8) is 0 Å². The van der Waals surface area contributed by atoms with Crippen LogP contribution in [-0.4, -0.2) is 4.98 Å². The number of hydrogen-bond donors (Lipinski definition) is 2. The molecular formula is C14H11ClFN3O. The number of nitrogens with two attached hydrogens (primary N) is 1. The van der Waals surface area contributed by atoms with Gasteiger partial charge in [-0.1, -0.05) is 11.6 Å². The first-order chi connectivity index (χ1) is 9.69. The summed E-state index contributed by atoms with van der Waals surface area (Å²) in [6.45, 7) is 0. The van der Waals surface area contributed by atoms with Crippen LogP contribution in [0.1, 0.15) is 17.4 Å². The van der Waals surface area contributed by atoms with Crippen molar-refractivity contribution >= 4 is 22.6 Å². The summed E-state index contributed by atoms with van der Waals surface area (Å²) < 4.78 is 18.9. The Bertz CT molecular complexity index is 759. The fourth-order valence-electron chi connectivity index (χ4n) is 2.12. The van der Waals surface area contributed by atoms with Crippen molar-refractivity contribution in [3.8, 4) is 0 Å². The summed E-state index contributed by atoms with van der Waals surface area (Å²) in [5.74, 6) is 5.84. The Kier molecular flexibility index (Phi) is 3.40. The zero-order valence-corrected chi connectivity index (χ0v) is 11.1. The van der Waals surface area contributed by atoms with Gasteiger partial charge in [0.05, 0.1) is 5.02 Å². The monoisotopic (exact) mass is 291 g/mol. The summed E-state index contributed by atoms with van der Waals surface area (Å²) in [5, 5.41) is 1.15. The number of rotatable bonds is 3. The average molecular weight is 292 g/mol. The molecule has 0 amide bonds. The van der Waals surface area contributed by atoms with Gasteiger partial charge in [0.25, 0.3) is 0 Å². The zero-order valence-electron chi connectivity index (χ0n) is 10.3. The summed E-state index contributed by atoms with van der Waals surface area (Å²) in [6, 6.07) is 7.39. The van der Waals surface area contributed by atoms with Gasteiger partial charge in [-0.05, 0) is 35.9 Å². The number of hydrogen-bond acceptors (Lipinski definition) is 4. The maximum atomic E-state index is 13.2. The minimum absolute atomic E-state index is 0.316. The lowest BCUT2D eigenvalue weighted by atomic mass is 10.1. The number of aromatic nitrogens is 1. The molecular weight excluding hydrogens is 281 g/mol. The molecule has 1 unspecified atom stereocenters. The Hall–Kier alpha value is -1.95. The van der Waals surface area contributed by atoms with Gasteiger partial charge in [0.15, 0.2) is 0 Å². The molecule has 1 aromatic carbocycles. The SMILES string of the molecule is NNC(c1cc2cc(F)ccc2o1)c1ccncc1Cl. The van der Waals surface area contributed by atoms with Crippen molar-refractivity contribution in [1.82, 2.24) is 10.4 Å². The van der Waals surface area contributed by atoms with Crippen LogP contribution in [-0.2, 0) is 0 Å². The van der Waals surface area contributed by atoms with E-state index in [4.69, 9.17) is 21.9 Å². The van der Waals surface area contributed by atoms with Crippen molar-refractivity contribution in [2.75, 3.05) is 0 Å². The summed E-state index contributed by atoms with van der Waals surface area (Å²) in [6.07, 6.45) is 3.15. The second-order valence-corrected chi connectivity index (χ2v) is 4.73. The standard InChI is InChI=1S/C14H11ClFN3O/c15-11-7-18-4-3-10(11)14(19-17)13-6-8-5-9(16)1-2-12(8)20-13/h1-7,14,19H,17H2. The highest BCUT2D eigenvalue weighted by Crippen LogP contribution is 2.31. The molecule has 0 spiro atoms. The number of fused-ring (bicyclic) bond motifs is 1. The number of nitrogens with one attached hydrogen (secondary N) is 1. The van der Waals surface area contributed by atoms with E-state index in [1.54, 1.807) is 24.4 Å². The molecule has 0 bridgehead atoms. The lowest BCUT2D eigenvalue weighted by Crippen LogP contribution is -2.28. The van der Waals surface area contributed by atoms with E-state index < -0.39 is 6.04 Å². The zero-order chi connectivity index (χ0) is 14.1. The Labute approximate surface area is 119 Å². The molecule has 3 rings (SSSR count). The molecule has 2 aromatic heterocycles. The molecule has 0 aliphatic heterocycles. The third-order valence-corrected chi connectivity index (χ3v) is 3.38. The normalized spacial score (nSPS) is 12.8. The summed E-state index contributed by atoms with van der Waals surface area (Å²) in [5.41, 5.74) is 3.98. The van der Waals surface area contributed by atoms with Crippen molar-refractivity contribution in [3.05, 3.63) is 64.9 Å². The molecule has 102 valence electrons. The Morgan fingerprint density at radius 1 is 1.30 bits per heavy atom. The highest BCUT2D eigenvalue weighted by molar-refractivity contribution is 6.31. The summed E-state index contributed by atoms with van der Waals surface area (Å²) in [4.78, 5) is 3.93. The number of pyridine rings is 1. The maximum absolute atomic E-state index is 13.2. The van der Waals surface area contributed by atoms with Gasteiger partial charge >= 0.3 is 0 Å². The van der Waals surface area contributed by atoms with Crippen LogP contribution in [0.15, 0.2) is 47.1 Å². The van der Waals surface area contributed by atoms with Gasteiger partial charge < -0.3 is 4.42 Å². The van der Waals surface area contributed by atoms with Gasteiger partial charge in [0, 0.05) is 17.8 Å². The Morgan fingerprint density at radius 3 is 2.90 bits per heavy atom. The van der Waals surface area contributed by atoms with E-state index in [0.717, 1.165) is 5.56 Å². The number of nitrogens with zero attached hydrogens (tertiary/aromatic N) is 1. The predicted molar refractivity (Wildman–Crippen MR) is 74.6 cm³/mol. The minimum atomic E-state index is -0.430. The summed E-state index contributed by atoms with van der Waals surface area (Å²) in [7, 11) is 0. The van der Waals surface area contributed by atoms with Crippen LogP contribution in [0.2, 0.25) is 5.02 Å². The van der Waals surface area contributed by atoms with Crippen molar-refractivity contribution < 1.29 is 8.81 Å². The van der Waals surface area contributed by atoms with E-state index in [1.807, 2.05) is 0 Å². The van der Waals surface area contributed by atoms with E-state index >= 15 is 0 Å². The van der Waals surface area contributed by atoms with E-state index in [1.165, 1.54) is 18.3 Å². The van der Waals surface area contributed by atoms with Gasteiger partial charge in [-0.3, -0.25) is 10.8 Å². The van der Waals surface area contributed by atoms with Gasteiger partial charge in [0.1, 0.15) is 23.2 Å². The highest BCUT2D eigenvalue weighted by Gasteiger charge is 2.19. The number of hydrazine groups is 1. The van der Waals surface area contributed by atoms with Crippen LogP contribution in [0, 0.1) is 5.82 Å². The quantitative estimate of drug-likeness (QED) is 0.575. The van der Waals surface area contributed by atoms with Crippen LogP contribution >= 0.6 is 11.6 Å². The first-order valence-electron chi connectivity index (χ1n) is 5.93. The smallest absolute Gasteiger partial charge is 0.134 e. The van der Waals surface area contributed by atoms with Crippen molar-refractivity contribution in [2.24, 2.45) is 5.84 Å². The topological polar surface area (TPSA) is 64.1 Å². The number of benzene rings is 1. The van der Waals surface area contributed by atoms with E-state index in [0.29, 0.717) is 21.8 Å². The van der Waals surface area contributed by atoms with Gasteiger partial charge in [0.2, 0.25) is 0 Å². The fourth-order valence-corrected chi connectivity index (χ4v) is 2.35. The third kappa shape index (κ3) is 2.27. The molecule has 0 aliphatic carbocycles. The molecule has 0 saturated carbocycles. The third-order valence-electron chi connectivity index (χ3n) is 3.06. The second-order valence-electron chi connectivity index (χ2n) is 4.33. The summed E-state index contributed by atoms with van der Waals surface area (Å²) >= 11 is 6.11. The highest BCUT2D eigenvalue weighted by atomic mass is 35.5. The van der Waals surface area contributed by atoms with Crippen molar-refractivity contribution in [2.45, 2.75) is 6.04 Å². The molecule has 0 saturated heterocycles. The van der Waals surface area contributed by atoms with Gasteiger partial charge in [-0.15, -0.1) is 0 Å². The lowest BCUT2D eigenvalue weighted by molar-refractivity contribution is 0.477. The second kappa shape index (κ2) is 5.20. The van der Waals surface area contributed by atoms with E-state index in [2.05, 4.69) is 10.4 Å². The largest absolute Gasteiger partial charge is 0.459 e. The first kappa shape index (κ1) is 13.1. The van der Waals surface area contributed by atoms with Crippen molar-refractivity contribution in [1.29, 1.82) is 0 Å². The predicted octanol–water partition coefficient (Wildman–Crippen LogP) is 3.17. The van der Waals surface area contributed by atoms with Crippen LogP contribution in [0.4, 0.5) is 4.39 Å². The Balaban J connectivity index is 2.10. The van der Waals surface area contributed by atoms with Crippen LogP contribution in [0.3, 0.4) is 0 Å². The molecule has 20 heavy (non-hydrogen) atoms. The van der Waals surface area contributed by atoms with Gasteiger partial charge in [-0.25, -0.2) is 9.82 Å². The molecule has 0 fully saturated rings. The molecule has 0 radical (unpaired) electrons. The van der Waals surface area contributed by atoms with Crippen LogP contribution < -0.4 is 11.3 Å². The van der Waals surface area contributed by atoms with Gasteiger partial charge in [-0.2, -0.15) is 0 Å².